The molecule has 0 N–H and O–H groups in total. The summed E-state index contributed by atoms with van der Waals surface area (Å²) < 4.78 is 0. The van der Waals surface area contributed by atoms with E-state index in [1.165, 1.54) is 11.1 Å². The number of hydrogen-bond acceptors (Lipinski definition) is 1. The number of ketones is 1. The minimum Gasteiger partial charge on any atom is -0.299 e. The zero-order chi connectivity index (χ0) is 9.00. The molecule has 3 atom stereocenters. The van der Waals surface area contributed by atoms with Crippen molar-refractivity contribution in [3.63, 3.8) is 0 Å². The van der Waals surface area contributed by atoms with Gasteiger partial charge in [0.25, 0.3) is 0 Å². The van der Waals surface area contributed by atoms with Crippen LogP contribution >= 0.6 is 11.6 Å². The number of Topliss-reactive ketones (excluding diaryl/α,β-unsaturated/α-hetero) is 1. The third-order valence-electron chi connectivity index (χ3n) is 3.20. The molecule has 0 spiro atoms. The van der Waals surface area contributed by atoms with Crippen molar-refractivity contribution in [3.8, 4) is 0 Å². The van der Waals surface area contributed by atoms with E-state index in [0.717, 1.165) is 0 Å². The molecule has 2 heteroatoms. The van der Waals surface area contributed by atoms with Crippen LogP contribution in [-0.2, 0) is 4.79 Å². The van der Waals surface area contributed by atoms with E-state index in [9.17, 15) is 4.79 Å². The van der Waals surface area contributed by atoms with Gasteiger partial charge in [-0.1, -0.05) is 24.3 Å². The first kappa shape index (κ1) is 7.57. The van der Waals surface area contributed by atoms with Crippen molar-refractivity contribution in [1.82, 2.24) is 0 Å². The first-order valence-corrected chi connectivity index (χ1v) is 4.98. The smallest absolute Gasteiger partial charge is 0.142 e. The van der Waals surface area contributed by atoms with Crippen molar-refractivity contribution in [1.29, 1.82) is 0 Å². The standard InChI is InChI=1S/C11H9ClO/c12-11-8-5-9(13)10(11)7-4-2-1-3-6(7)8/h1-4,8,10-11H,5H2/t8-,10-,11-/m1/s1. The van der Waals surface area contributed by atoms with Crippen molar-refractivity contribution in [2.45, 2.75) is 23.6 Å². The normalized spacial score (nSPS) is 35.2. The van der Waals surface area contributed by atoms with E-state index in [2.05, 4.69) is 6.07 Å². The molecule has 1 saturated carbocycles. The average Bonchev–Trinajstić information content (AvgIpc) is 2.56. The molecule has 2 bridgehead atoms. The van der Waals surface area contributed by atoms with Crippen molar-refractivity contribution in [2.24, 2.45) is 0 Å². The Bertz CT molecular complexity index is 385. The van der Waals surface area contributed by atoms with Gasteiger partial charge in [-0.2, -0.15) is 0 Å². The Morgan fingerprint density at radius 2 is 1.92 bits per heavy atom. The fourth-order valence-corrected chi connectivity index (χ4v) is 3.13. The second kappa shape index (κ2) is 2.36. The number of hydrogen-bond donors (Lipinski definition) is 0. The van der Waals surface area contributed by atoms with Gasteiger partial charge in [-0.3, -0.25) is 4.79 Å². The van der Waals surface area contributed by atoms with E-state index in [1.807, 2.05) is 18.2 Å². The SMILES string of the molecule is O=C1C[C@@H]2c3ccccc3[C@H]1[C@@H]2Cl. The predicted octanol–water partition coefficient (Wildman–Crippen LogP) is 2.45. The van der Waals surface area contributed by atoms with Crippen LogP contribution in [0.1, 0.15) is 29.4 Å². The minimum absolute atomic E-state index is 0.0112. The number of rotatable bonds is 0. The van der Waals surface area contributed by atoms with Crippen LogP contribution in [0.15, 0.2) is 24.3 Å². The van der Waals surface area contributed by atoms with Crippen LogP contribution in [0.2, 0.25) is 0 Å². The molecule has 1 fully saturated rings. The average molecular weight is 193 g/mol. The maximum Gasteiger partial charge on any atom is 0.142 e. The number of halogens is 1. The summed E-state index contributed by atoms with van der Waals surface area (Å²) >= 11 is 6.21. The highest BCUT2D eigenvalue weighted by molar-refractivity contribution is 6.25. The molecule has 0 unspecified atom stereocenters. The van der Waals surface area contributed by atoms with Gasteiger partial charge in [-0.15, -0.1) is 11.6 Å². The van der Waals surface area contributed by atoms with Crippen LogP contribution in [0.5, 0.6) is 0 Å². The molecule has 1 aromatic carbocycles. The summed E-state index contributed by atoms with van der Waals surface area (Å²) in [6.07, 6.45) is 0.649. The quantitative estimate of drug-likeness (QED) is 0.577. The number of benzene rings is 1. The first-order valence-electron chi connectivity index (χ1n) is 4.54. The minimum atomic E-state index is -0.0112. The van der Waals surface area contributed by atoms with Crippen LogP contribution in [0.25, 0.3) is 0 Å². The molecule has 0 saturated heterocycles. The van der Waals surface area contributed by atoms with Gasteiger partial charge in [0.05, 0.1) is 11.3 Å². The molecule has 0 aliphatic heterocycles. The van der Waals surface area contributed by atoms with Gasteiger partial charge in [0, 0.05) is 12.3 Å². The monoisotopic (exact) mass is 192 g/mol. The Kier molecular flexibility index (Phi) is 1.37. The van der Waals surface area contributed by atoms with Gasteiger partial charge in [0.15, 0.2) is 0 Å². The second-order valence-electron chi connectivity index (χ2n) is 3.83. The molecule has 13 heavy (non-hydrogen) atoms. The summed E-state index contributed by atoms with van der Waals surface area (Å²) in [4.78, 5) is 11.5. The van der Waals surface area contributed by atoms with Gasteiger partial charge in [0.1, 0.15) is 5.78 Å². The van der Waals surface area contributed by atoms with Gasteiger partial charge in [0.2, 0.25) is 0 Å². The number of fused-ring (bicyclic) bond motifs is 5. The Morgan fingerprint density at radius 1 is 1.23 bits per heavy atom. The fraction of sp³-hybridized carbons (Fsp3) is 0.364. The van der Waals surface area contributed by atoms with Crippen LogP contribution < -0.4 is 0 Å². The zero-order valence-corrected chi connectivity index (χ0v) is 7.79. The molecule has 2 aliphatic carbocycles. The first-order chi connectivity index (χ1) is 6.29. The fourth-order valence-electron chi connectivity index (χ4n) is 2.62. The third-order valence-corrected chi connectivity index (χ3v) is 3.76. The largest absolute Gasteiger partial charge is 0.299 e. The summed E-state index contributed by atoms with van der Waals surface area (Å²) in [6.45, 7) is 0. The Hall–Kier alpha value is -0.820. The van der Waals surface area contributed by atoms with Gasteiger partial charge >= 0.3 is 0 Å². The summed E-state index contributed by atoms with van der Waals surface area (Å²) in [5.74, 6) is 0.599. The highest BCUT2D eigenvalue weighted by Crippen LogP contribution is 2.53. The van der Waals surface area contributed by atoms with Gasteiger partial charge < -0.3 is 0 Å². The van der Waals surface area contributed by atoms with E-state index < -0.39 is 0 Å². The lowest BCUT2D eigenvalue weighted by Crippen LogP contribution is -2.10. The van der Waals surface area contributed by atoms with Crippen molar-refractivity contribution in [2.75, 3.05) is 0 Å². The number of carbonyl (C=O) groups is 1. The summed E-state index contributed by atoms with van der Waals surface area (Å²) in [5.41, 5.74) is 2.47. The Balaban J connectivity index is 2.24. The summed E-state index contributed by atoms with van der Waals surface area (Å²) in [7, 11) is 0. The number of alkyl halides is 1. The topological polar surface area (TPSA) is 17.1 Å². The van der Waals surface area contributed by atoms with Gasteiger partial charge in [-0.25, -0.2) is 0 Å². The highest BCUT2D eigenvalue weighted by Gasteiger charge is 2.49. The van der Waals surface area contributed by atoms with E-state index in [-0.39, 0.29) is 17.2 Å². The molecule has 0 radical (unpaired) electrons. The lowest BCUT2D eigenvalue weighted by molar-refractivity contribution is -0.118. The Labute approximate surface area is 81.7 Å². The van der Waals surface area contributed by atoms with Crippen LogP contribution in [0.3, 0.4) is 0 Å². The molecule has 1 nitrogen and oxygen atoms in total. The summed E-state index contributed by atoms with van der Waals surface area (Å²) in [5, 5.41) is 0.0184. The molecule has 1 aromatic rings. The van der Waals surface area contributed by atoms with Crippen molar-refractivity contribution in [3.05, 3.63) is 35.4 Å². The van der Waals surface area contributed by atoms with E-state index in [1.54, 1.807) is 0 Å². The van der Waals surface area contributed by atoms with Gasteiger partial charge in [-0.05, 0) is 11.1 Å². The lowest BCUT2D eigenvalue weighted by Gasteiger charge is -2.12. The molecule has 3 rings (SSSR count). The molecule has 0 aromatic heterocycles. The van der Waals surface area contributed by atoms with Crippen LogP contribution in [-0.4, -0.2) is 11.2 Å². The highest BCUT2D eigenvalue weighted by atomic mass is 35.5. The van der Waals surface area contributed by atoms with E-state index in [0.29, 0.717) is 12.2 Å². The molecular weight excluding hydrogens is 184 g/mol. The maximum absolute atomic E-state index is 11.5. The molecule has 66 valence electrons. The number of carbonyl (C=O) groups excluding carboxylic acids is 1. The van der Waals surface area contributed by atoms with Crippen molar-refractivity contribution >= 4 is 17.4 Å². The molecule has 0 amide bonds. The maximum atomic E-state index is 11.5. The molecular formula is C11H9ClO. The third kappa shape index (κ3) is 0.806. The molecule has 2 aliphatic rings. The van der Waals surface area contributed by atoms with E-state index in [4.69, 9.17) is 11.6 Å². The van der Waals surface area contributed by atoms with E-state index >= 15 is 0 Å². The van der Waals surface area contributed by atoms with Crippen LogP contribution in [0.4, 0.5) is 0 Å². The predicted molar refractivity (Wildman–Crippen MR) is 51.2 cm³/mol. The molecule has 0 heterocycles. The second-order valence-corrected chi connectivity index (χ2v) is 4.33. The van der Waals surface area contributed by atoms with Crippen LogP contribution in [0, 0.1) is 0 Å². The zero-order valence-electron chi connectivity index (χ0n) is 7.03. The van der Waals surface area contributed by atoms with Crippen molar-refractivity contribution < 1.29 is 4.79 Å². The Morgan fingerprint density at radius 3 is 2.69 bits per heavy atom. The lowest BCUT2D eigenvalue weighted by atomic mass is 9.91. The summed E-state index contributed by atoms with van der Waals surface area (Å²) in [6, 6.07) is 8.14.